The van der Waals surface area contributed by atoms with Crippen LogP contribution in [-0.2, 0) is 9.47 Å². The van der Waals surface area contributed by atoms with E-state index >= 15 is 0 Å². The average molecular weight is 380 g/mol. The number of ether oxygens (including phenoxy) is 3. The number of rotatable bonds is 4. The molecule has 0 unspecified atom stereocenters. The second-order valence-electron chi connectivity index (χ2n) is 6.26. The van der Waals surface area contributed by atoms with Gasteiger partial charge in [-0.2, -0.15) is 0 Å². The quantitative estimate of drug-likeness (QED) is 0.638. The van der Waals surface area contributed by atoms with Crippen LogP contribution in [0.15, 0.2) is 36.4 Å². The van der Waals surface area contributed by atoms with E-state index in [4.69, 9.17) is 19.2 Å². The molecule has 0 bridgehead atoms. The number of aromatic nitrogens is 3. The van der Waals surface area contributed by atoms with Crippen LogP contribution in [0.1, 0.15) is 10.5 Å². The van der Waals surface area contributed by atoms with Crippen LogP contribution in [0, 0.1) is 0 Å². The van der Waals surface area contributed by atoms with Crippen LogP contribution in [0.2, 0.25) is 0 Å². The Morgan fingerprint density at radius 3 is 2.64 bits per heavy atom. The van der Waals surface area contributed by atoms with E-state index < -0.39 is 5.97 Å². The van der Waals surface area contributed by atoms with E-state index in [1.54, 1.807) is 19.2 Å². The van der Waals surface area contributed by atoms with Crippen molar-refractivity contribution in [1.82, 2.24) is 15.0 Å². The van der Waals surface area contributed by atoms with Crippen molar-refractivity contribution in [3.05, 3.63) is 42.1 Å². The van der Waals surface area contributed by atoms with Gasteiger partial charge in [-0.15, -0.1) is 0 Å². The molecule has 28 heavy (non-hydrogen) atoms. The van der Waals surface area contributed by atoms with Gasteiger partial charge in [0.05, 0.1) is 33.0 Å². The molecule has 8 heteroatoms. The topological polar surface area (TPSA) is 86.7 Å². The van der Waals surface area contributed by atoms with Crippen LogP contribution in [0.3, 0.4) is 0 Å². The zero-order valence-electron chi connectivity index (χ0n) is 15.7. The number of hydrogen-bond donors (Lipinski definition) is 0. The minimum Gasteiger partial charge on any atom is -0.497 e. The smallest absolute Gasteiger partial charge is 0.356 e. The Hall–Kier alpha value is -3.26. The predicted octanol–water partition coefficient (Wildman–Crippen LogP) is 2.32. The summed E-state index contributed by atoms with van der Waals surface area (Å²) in [5.74, 6) is 0.818. The fourth-order valence-electron chi connectivity index (χ4n) is 3.10. The third kappa shape index (κ3) is 3.46. The Bertz CT molecular complexity index is 1020. The van der Waals surface area contributed by atoms with Crippen LogP contribution in [-0.4, -0.2) is 61.4 Å². The maximum atomic E-state index is 12.0. The van der Waals surface area contributed by atoms with Crippen LogP contribution < -0.4 is 9.64 Å². The molecule has 0 spiro atoms. The normalized spacial score (nSPS) is 14.1. The molecule has 0 aliphatic carbocycles. The first kappa shape index (κ1) is 18.1. The van der Waals surface area contributed by atoms with Gasteiger partial charge in [-0.05, 0) is 24.3 Å². The molecule has 2 aromatic heterocycles. The summed E-state index contributed by atoms with van der Waals surface area (Å²) in [6.45, 7) is 2.71. The molecular formula is C20H20N4O4. The van der Waals surface area contributed by atoms with Crippen molar-refractivity contribution in [2.45, 2.75) is 0 Å². The first-order valence-electron chi connectivity index (χ1n) is 8.94. The fraction of sp³-hybridized carbons (Fsp3) is 0.300. The monoisotopic (exact) mass is 380 g/mol. The molecule has 1 saturated heterocycles. The number of pyridine rings is 1. The lowest BCUT2D eigenvalue weighted by Gasteiger charge is -2.27. The number of methoxy groups -OCH3 is 2. The summed E-state index contributed by atoms with van der Waals surface area (Å²) in [7, 11) is 2.94. The number of fused-ring (bicyclic) bond motifs is 1. The lowest BCUT2D eigenvalue weighted by Crippen LogP contribution is -2.37. The lowest BCUT2D eigenvalue weighted by molar-refractivity contribution is 0.0594. The molecule has 0 amide bonds. The molecule has 1 aliphatic heterocycles. The number of nitrogens with zero attached hydrogens (tertiary/aromatic N) is 4. The minimum absolute atomic E-state index is 0.210. The maximum Gasteiger partial charge on any atom is 0.356 e. The van der Waals surface area contributed by atoms with Crippen LogP contribution in [0.5, 0.6) is 5.75 Å². The minimum atomic E-state index is -0.504. The van der Waals surface area contributed by atoms with E-state index in [1.807, 2.05) is 24.3 Å². The standard InChI is InChI=1S/C20H20N4O4/c1-26-14-5-3-4-13(12-14)17-18-15(6-7-16(21-18)19(25)27-2)22-20(23-17)24-8-10-28-11-9-24/h3-7,12H,8-11H2,1-2H3. The van der Waals surface area contributed by atoms with Gasteiger partial charge in [0, 0.05) is 18.7 Å². The molecule has 0 saturated carbocycles. The van der Waals surface area contributed by atoms with Crippen LogP contribution in [0.4, 0.5) is 5.95 Å². The molecule has 3 aromatic rings. The fourth-order valence-corrected chi connectivity index (χ4v) is 3.10. The highest BCUT2D eigenvalue weighted by molar-refractivity contribution is 5.95. The maximum absolute atomic E-state index is 12.0. The van der Waals surface area contributed by atoms with Crippen LogP contribution >= 0.6 is 0 Å². The van der Waals surface area contributed by atoms with E-state index in [0.29, 0.717) is 41.6 Å². The molecule has 1 aliphatic rings. The molecule has 3 heterocycles. The molecule has 4 rings (SSSR count). The van der Waals surface area contributed by atoms with Crippen molar-refractivity contribution in [2.75, 3.05) is 45.4 Å². The van der Waals surface area contributed by atoms with E-state index in [9.17, 15) is 4.79 Å². The summed E-state index contributed by atoms with van der Waals surface area (Å²) in [6.07, 6.45) is 0. The summed E-state index contributed by atoms with van der Waals surface area (Å²) in [6, 6.07) is 10.9. The number of carbonyl (C=O) groups excluding carboxylic acids is 1. The van der Waals surface area contributed by atoms with Gasteiger partial charge in [0.25, 0.3) is 0 Å². The third-order valence-electron chi connectivity index (χ3n) is 4.56. The molecule has 0 atom stereocenters. The second kappa shape index (κ2) is 7.77. The van der Waals surface area contributed by atoms with E-state index in [2.05, 4.69) is 14.9 Å². The zero-order chi connectivity index (χ0) is 19.5. The zero-order valence-corrected chi connectivity index (χ0v) is 15.7. The van der Waals surface area contributed by atoms with Gasteiger partial charge in [-0.25, -0.2) is 19.7 Å². The number of benzene rings is 1. The largest absolute Gasteiger partial charge is 0.497 e. The molecule has 144 valence electrons. The Balaban J connectivity index is 1.91. The van der Waals surface area contributed by atoms with Gasteiger partial charge in [0.2, 0.25) is 5.95 Å². The van der Waals surface area contributed by atoms with Crippen molar-refractivity contribution >= 4 is 23.0 Å². The Morgan fingerprint density at radius 1 is 1.07 bits per heavy atom. The van der Waals surface area contributed by atoms with E-state index in [1.165, 1.54) is 7.11 Å². The third-order valence-corrected chi connectivity index (χ3v) is 4.56. The Kier molecular flexibility index (Phi) is 5.03. The molecule has 0 N–H and O–H groups in total. The van der Waals surface area contributed by atoms with E-state index in [-0.39, 0.29) is 5.69 Å². The number of morpholine rings is 1. The number of anilines is 1. The van der Waals surface area contributed by atoms with Gasteiger partial charge in [-0.1, -0.05) is 12.1 Å². The van der Waals surface area contributed by atoms with Gasteiger partial charge in [-0.3, -0.25) is 0 Å². The predicted molar refractivity (Wildman–Crippen MR) is 104 cm³/mol. The van der Waals surface area contributed by atoms with Crippen molar-refractivity contribution in [1.29, 1.82) is 0 Å². The molecular weight excluding hydrogens is 360 g/mol. The summed E-state index contributed by atoms with van der Waals surface area (Å²) < 4.78 is 15.6. The lowest BCUT2D eigenvalue weighted by atomic mass is 10.1. The van der Waals surface area contributed by atoms with Crippen LogP contribution in [0.25, 0.3) is 22.3 Å². The summed E-state index contributed by atoms with van der Waals surface area (Å²) >= 11 is 0. The molecule has 0 radical (unpaired) electrons. The highest BCUT2D eigenvalue weighted by Crippen LogP contribution is 2.30. The number of carbonyl (C=O) groups is 1. The van der Waals surface area contributed by atoms with Gasteiger partial charge >= 0.3 is 5.97 Å². The summed E-state index contributed by atoms with van der Waals surface area (Å²) in [5, 5.41) is 0. The van der Waals surface area contributed by atoms with Crippen molar-refractivity contribution < 1.29 is 19.0 Å². The van der Waals surface area contributed by atoms with E-state index in [0.717, 1.165) is 18.7 Å². The highest BCUT2D eigenvalue weighted by atomic mass is 16.5. The van der Waals surface area contributed by atoms with Gasteiger partial charge in [0.15, 0.2) is 0 Å². The van der Waals surface area contributed by atoms with Crippen molar-refractivity contribution in [3.63, 3.8) is 0 Å². The van der Waals surface area contributed by atoms with Crippen molar-refractivity contribution in [3.8, 4) is 17.0 Å². The molecule has 1 aromatic carbocycles. The average Bonchev–Trinajstić information content (AvgIpc) is 2.78. The summed E-state index contributed by atoms with van der Waals surface area (Å²) in [4.78, 5) is 28.0. The SMILES string of the molecule is COC(=O)c1ccc2nc(N3CCOCC3)nc(-c3cccc(OC)c3)c2n1. The Morgan fingerprint density at radius 2 is 1.89 bits per heavy atom. The molecule has 1 fully saturated rings. The highest BCUT2D eigenvalue weighted by Gasteiger charge is 2.19. The number of esters is 1. The Labute approximate surface area is 162 Å². The van der Waals surface area contributed by atoms with Crippen molar-refractivity contribution in [2.24, 2.45) is 0 Å². The van der Waals surface area contributed by atoms with Gasteiger partial charge < -0.3 is 19.1 Å². The first-order valence-corrected chi connectivity index (χ1v) is 8.94. The first-order chi connectivity index (χ1) is 13.7. The summed E-state index contributed by atoms with van der Waals surface area (Å²) in [5.41, 5.74) is 2.86. The second-order valence-corrected chi connectivity index (χ2v) is 6.26. The number of hydrogen-bond acceptors (Lipinski definition) is 8. The molecule has 8 nitrogen and oxygen atoms in total. The van der Waals surface area contributed by atoms with Gasteiger partial charge in [0.1, 0.15) is 22.7 Å².